The minimum absolute atomic E-state index is 0. The molecular formula is C11H14ClN3O5S. The van der Waals surface area contributed by atoms with E-state index in [1.54, 1.807) is 12.1 Å². The molecule has 116 valence electrons. The van der Waals surface area contributed by atoms with Gasteiger partial charge in [0.2, 0.25) is 5.91 Å². The highest BCUT2D eigenvalue weighted by atomic mass is 35.5. The molecule has 4 N–H and O–H groups in total. The van der Waals surface area contributed by atoms with Crippen molar-refractivity contribution in [3.63, 3.8) is 0 Å². The van der Waals surface area contributed by atoms with E-state index >= 15 is 0 Å². The van der Waals surface area contributed by atoms with Gasteiger partial charge in [-0.2, -0.15) is 0 Å². The van der Waals surface area contributed by atoms with Crippen molar-refractivity contribution in [2.24, 2.45) is 5.73 Å². The van der Waals surface area contributed by atoms with E-state index < -0.39 is 29.4 Å². The third-order valence-electron chi connectivity index (χ3n) is 2.23. The zero-order valence-electron chi connectivity index (χ0n) is 10.7. The number of carbonyl (C=O) groups is 2. The molecule has 0 aromatic heterocycles. The van der Waals surface area contributed by atoms with Gasteiger partial charge in [0.15, 0.2) is 0 Å². The molecule has 0 bridgehead atoms. The van der Waals surface area contributed by atoms with Crippen LogP contribution in [0, 0.1) is 10.1 Å². The number of thioether (sulfide) groups is 1. The standard InChI is InChI=1S/C11H13N3O5S.ClH/c12-9(11(17)13-5-10(15)16)6-20-8-3-1-7(2-4-8)14(18)19;/h1-4,9H,5-6,12H2,(H,13,17)(H,15,16);1H/t9-;/m0./s1. The minimum Gasteiger partial charge on any atom is -0.480 e. The average Bonchev–Trinajstić information content (AvgIpc) is 2.42. The number of non-ortho nitro benzene ring substituents is 1. The van der Waals surface area contributed by atoms with Crippen LogP contribution in [-0.4, -0.2) is 40.2 Å². The van der Waals surface area contributed by atoms with Crippen molar-refractivity contribution in [1.29, 1.82) is 0 Å². The van der Waals surface area contributed by atoms with Gasteiger partial charge in [0, 0.05) is 22.8 Å². The van der Waals surface area contributed by atoms with Gasteiger partial charge in [0.05, 0.1) is 11.0 Å². The summed E-state index contributed by atoms with van der Waals surface area (Å²) < 4.78 is 0. The molecule has 0 unspecified atom stereocenters. The lowest BCUT2D eigenvalue weighted by Crippen LogP contribution is -2.44. The van der Waals surface area contributed by atoms with Crippen LogP contribution in [-0.2, 0) is 9.59 Å². The number of hydrogen-bond donors (Lipinski definition) is 3. The number of carboxylic acids is 1. The first-order valence-corrected chi connectivity index (χ1v) is 6.51. The molecule has 0 heterocycles. The Morgan fingerprint density at radius 3 is 2.43 bits per heavy atom. The normalized spacial score (nSPS) is 11.1. The van der Waals surface area contributed by atoms with Crippen molar-refractivity contribution >= 4 is 41.7 Å². The lowest BCUT2D eigenvalue weighted by Gasteiger charge is -2.10. The number of nitrogens with zero attached hydrogens (tertiary/aromatic N) is 1. The Kier molecular flexibility index (Phi) is 8.36. The molecule has 8 nitrogen and oxygen atoms in total. The topological polar surface area (TPSA) is 136 Å². The van der Waals surface area contributed by atoms with Crippen molar-refractivity contribution < 1.29 is 19.6 Å². The summed E-state index contributed by atoms with van der Waals surface area (Å²) in [6, 6.07) is 4.99. The second kappa shape index (κ2) is 9.16. The molecule has 1 aromatic carbocycles. The Morgan fingerprint density at radius 1 is 1.38 bits per heavy atom. The van der Waals surface area contributed by atoms with Gasteiger partial charge in [-0.05, 0) is 12.1 Å². The highest BCUT2D eigenvalue weighted by molar-refractivity contribution is 7.99. The molecule has 1 atom stereocenters. The van der Waals surface area contributed by atoms with E-state index in [-0.39, 0.29) is 23.8 Å². The largest absolute Gasteiger partial charge is 0.480 e. The second-order valence-corrected chi connectivity index (χ2v) is 4.87. The van der Waals surface area contributed by atoms with Crippen LogP contribution in [0.4, 0.5) is 5.69 Å². The number of nitrogens with one attached hydrogen (secondary N) is 1. The van der Waals surface area contributed by atoms with Gasteiger partial charge in [-0.1, -0.05) is 0 Å². The van der Waals surface area contributed by atoms with E-state index in [9.17, 15) is 19.7 Å². The quantitative estimate of drug-likeness (QED) is 0.378. The molecular weight excluding hydrogens is 322 g/mol. The van der Waals surface area contributed by atoms with Crippen LogP contribution in [0.25, 0.3) is 0 Å². The summed E-state index contributed by atoms with van der Waals surface area (Å²) >= 11 is 1.26. The Bertz CT molecular complexity index is 511. The molecule has 1 amide bonds. The van der Waals surface area contributed by atoms with Gasteiger partial charge in [-0.3, -0.25) is 19.7 Å². The molecule has 0 aliphatic rings. The fraction of sp³-hybridized carbons (Fsp3) is 0.273. The van der Waals surface area contributed by atoms with Gasteiger partial charge >= 0.3 is 5.97 Å². The minimum atomic E-state index is -1.14. The highest BCUT2D eigenvalue weighted by Gasteiger charge is 2.14. The predicted molar refractivity (Wildman–Crippen MR) is 79.7 cm³/mol. The second-order valence-electron chi connectivity index (χ2n) is 3.78. The number of aliphatic carboxylic acids is 1. The zero-order valence-corrected chi connectivity index (χ0v) is 12.4. The molecule has 0 saturated heterocycles. The third-order valence-corrected chi connectivity index (χ3v) is 3.36. The average molecular weight is 336 g/mol. The number of carboxylic acid groups (broad SMARTS) is 1. The van der Waals surface area contributed by atoms with Crippen molar-refractivity contribution in [2.45, 2.75) is 10.9 Å². The van der Waals surface area contributed by atoms with E-state index in [1.165, 1.54) is 23.9 Å². The lowest BCUT2D eigenvalue weighted by atomic mass is 10.3. The number of amides is 1. The number of halogens is 1. The first-order chi connectivity index (χ1) is 9.40. The molecule has 0 saturated carbocycles. The highest BCUT2D eigenvalue weighted by Crippen LogP contribution is 2.21. The van der Waals surface area contributed by atoms with Crippen LogP contribution in [0.1, 0.15) is 0 Å². The molecule has 0 aliphatic heterocycles. The molecule has 0 fully saturated rings. The predicted octanol–water partition coefficient (Wildman–Crippen LogP) is 0.637. The van der Waals surface area contributed by atoms with Crippen LogP contribution in [0.5, 0.6) is 0 Å². The smallest absolute Gasteiger partial charge is 0.322 e. The van der Waals surface area contributed by atoms with E-state index in [1.807, 2.05) is 0 Å². The Morgan fingerprint density at radius 2 is 1.95 bits per heavy atom. The Balaban J connectivity index is 0.00000400. The number of nitrogens with two attached hydrogens (primary N) is 1. The van der Waals surface area contributed by atoms with Crippen LogP contribution in [0.2, 0.25) is 0 Å². The van der Waals surface area contributed by atoms with Crippen molar-refractivity contribution in [3.05, 3.63) is 34.4 Å². The van der Waals surface area contributed by atoms with Crippen molar-refractivity contribution in [1.82, 2.24) is 5.32 Å². The molecule has 1 aromatic rings. The number of rotatable bonds is 7. The number of nitro benzene ring substituents is 1. The maximum Gasteiger partial charge on any atom is 0.322 e. The summed E-state index contributed by atoms with van der Waals surface area (Å²) in [7, 11) is 0. The molecule has 21 heavy (non-hydrogen) atoms. The maximum atomic E-state index is 11.4. The van der Waals surface area contributed by atoms with Gasteiger partial charge in [-0.25, -0.2) is 0 Å². The molecule has 0 aliphatic carbocycles. The third kappa shape index (κ3) is 6.93. The van der Waals surface area contributed by atoms with E-state index in [2.05, 4.69) is 5.32 Å². The summed E-state index contributed by atoms with van der Waals surface area (Å²) in [5.74, 6) is -1.46. The van der Waals surface area contributed by atoms with Crippen molar-refractivity contribution in [2.75, 3.05) is 12.3 Å². The number of benzene rings is 1. The Hall–Kier alpha value is -1.84. The maximum absolute atomic E-state index is 11.4. The van der Waals surface area contributed by atoms with Gasteiger partial charge in [0.25, 0.3) is 5.69 Å². The monoisotopic (exact) mass is 335 g/mol. The van der Waals surface area contributed by atoms with Gasteiger partial charge < -0.3 is 16.2 Å². The SMILES string of the molecule is Cl.N[C@@H](CSc1ccc([N+](=O)[O-])cc1)C(=O)NCC(=O)O. The van der Waals surface area contributed by atoms with Crippen LogP contribution >= 0.6 is 24.2 Å². The van der Waals surface area contributed by atoms with Crippen LogP contribution in [0.3, 0.4) is 0 Å². The number of carbonyl (C=O) groups excluding carboxylic acids is 1. The first-order valence-electron chi connectivity index (χ1n) is 5.52. The molecule has 1 rings (SSSR count). The zero-order chi connectivity index (χ0) is 15.1. The van der Waals surface area contributed by atoms with Crippen LogP contribution < -0.4 is 11.1 Å². The van der Waals surface area contributed by atoms with E-state index in [0.29, 0.717) is 0 Å². The molecule has 0 radical (unpaired) electrons. The van der Waals surface area contributed by atoms with Crippen LogP contribution in [0.15, 0.2) is 29.2 Å². The number of nitro groups is 1. The summed E-state index contributed by atoms with van der Waals surface area (Å²) in [5.41, 5.74) is 5.58. The summed E-state index contributed by atoms with van der Waals surface area (Å²) in [4.78, 5) is 32.4. The number of hydrogen-bond acceptors (Lipinski definition) is 6. The molecule has 10 heteroatoms. The lowest BCUT2D eigenvalue weighted by molar-refractivity contribution is -0.384. The fourth-order valence-corrected chi connectivity index (χ4v) is 2.07. The van der Waals surface area contributed by atoms with E-state index in [0.717, 1.165) is 4.90 Å². The fourth-order valence-electron chi connectivity index (χ4n) is 1.22. The van der Waals surface area contributed by atoms with E-state index in [4.69, 9.17) is 10.8 Å². The van der Waals surface area contributed by atoms with Crippen molar-refractivity contribution in [3.8, 4) is 0 Å². The van der Waals surface area contributed by atoms with Gasteiger partial charge in [-0.15, -0.1) is 24.2 Å². The van der Waals surface area contributed by atoms with Gasteiger partial charge in [0.1, 0.15) is 6.54 Å². The first kappa shape index (κ1) is 19.2. The Labute approximate surface area is 130 Å². The summed E-state index contributed by atoms with van der Waals surface area (Å²) in [5, 5.41) is 21.1. The molecule has 0 spiro atoms. The summed E-state index contributed by atoms with van der Waals surface area (Å²) in [6.45, 7) is -0.477. The summed E-state index contributed by atoms with van der Waals surface area (Å²) in [6.07, 6.45) is 0.